The van der Waals surface area contributed by atoms with Crippen LogP contribution in [0.25, 0.3) is 6.08 Å². The number of fused-ring (bicyclic) bond motifs is 1. The van der Waals surface area contributed by atoms with Crippen molar-refractivity contribution < 1.29 is 32.2 Å². The topological polar surface area (TPSA) is 88.1 Å². The molecule has 0 unspecified atom stereocenters. The first kappa shape index (κ1) is 18.8. The molecule has 0 fully saturated rings. The number of rotatable bonds is 6. The zero-order chi connectivity index (χ0) is 19.6. The van der Waals surface area contributed by atoms with Gasteiger partial charge >= 0.3 is 0 Å². The fourth-order valence-corrected chi connectivity index (χ4v) is 3.81. The van der Waals surface area contributed by atoms with Crippen LogP contribution in [0.2, 0.25) is 0 Å². The molecule has 27 heavy (non-hydrogen) atoms. The Hall–Kier alpha value is -3.00. The van der Waals surface area contributed by atoms with E-state index in [1.165, 1.54) is 39.5 Å². The summed E-state index contributed by atoms with van der Waals surface area (Å²) in [6.07, 6.45) is 2.94. The van der Waals surface area contributed by atoms with E-state index in [1.807, 2.05) is 0 Å². The van der Waals surface area contributed by atoms with Crippen molar-refractivity contribution in [3.8, 4) is 23.0 Å². The molecule has 7 nitrogen and oxygen atoms in total. The molecule has 142 valence electrons. The van der Waals surface area contributed by atoms with E-state index in [9.17, 15) is 13.2 Å². The highest BCUT2D eigenvalue weighted by atomic mass is 32.2. The lowest BCUT2D eigenvalue weighted by molar-refractivity contribution is 0.104. The summed E-state index contributed by atoms with van der Waals surface area (Å²) in [4.78, 5) is 12.6. The van der Waals surface area contributed by atoms with Crippen LogP contribution in [0.15, 0.2) is 41.3 Å². The number of carbonyl (C=O) groups is 1. The van der Waals surface area contributed by atoms with Gasteiger partial charge in [-0.25, -0.2) is 8.42 Å². The second-order valence-electron chi connectivity index (χ2n) is 5.69. The molecule has 1 aliphatic rings. The summed E-state index contributed by atoms with van der Waals surface area (Å²) in [5, 5.41) is 0. The third kappa shape index (κ3) is 3.61. The van der Waals surface area contributed by atoms with Crippen molar-refractivity contribution in [2.24, 2.45) is 0 Å². The van der Waals surface area contributed by atoms with E-state index < -0.39 is 21.6 Å². The molecular formula is C19H18O7S. The lowest BCUT2D eigenvalue weighted by Crippen LogP contribution is -2.03. The van der Waals surface area contributed by atoms with Gasteiger partial charge in [0.15, 0.2) is 23.2 Å². The number of ketones is 1. The fourth-order valence-electron chi connectivity index (χ4n) is 2.68. The molecule has 0 N–H and O–H groups in total. The van der Waals surface area contributed by atoms with E-state index in [2.05, 4.69) is 0 Å². The first-order chi connectivity index (χ1) is 12.9. The number of hydrogen-bond donors (Lipinski definition) is 0. The smallest absolute Gasteiger partial charge is 0.216 e. The van der Waals surface area contributed by atoms with Crippen LogP contribution in [0.4, 0.5) is 0 Å². The van der Waals surface area contributed by atoms with Gasteiger partial charge in [-0.3, -0.25) is 4.79 Å². The Morgan fingerprint density at radius 2 is 1.70 bits per heavy atom. The molecule has 0 aliphatic carbocycles. The molecular weight excluding hydrogens is 372 g/mol. The van der Waals surface area contributed by atoms with Crippen LogP contribution in [0.3, 0.4) is 0 Å². The van der Waals surface area contributed by atoms with Crippen LogP contribution in [0.5, 0.6) is 23.0 Å². The van der Waals surface area contributed by atoms with Gasteiger partial charge in [-0.2, -0.15) is 0 Å². The summed E-state index contributed by atoms with van der Waals surface area (Å²) in [5.41, 5.74) is 0.860. The van der Waals surface area contributed by atoms with Gasteiger partial charge < -0.3 is 18.9 Å². The number of hydrogen-bond acceptors (Lipinski definition) is 7. The Labute approximate surface area is 157 Å². The number of benzene rings is 2. The molecule has 1 heterocycles. The molecule has 0 saturated carbocycles. The molecule has 0 radical (unpaired) electrons. The van der Waals surface area contributed by atoms with Gasteiger partial charge in [-0.05, 0) is 29.8 Å². The third-order valence-electron chi connectivity index (χ3n) is 4.07. The first-order valence-electron chi connectivity index (χ1n) is 7.91. The zero-order valence-corrected chi connectivity index (χ0v) is 15.8. The second kappa shape index (κ2) is 7.32. The van der Waals surface area contributed by atoms with Crippen LogP contribution in [-0.4, -0.2) is 41.5 Å². The Morgan fingerprint density at radius 3 is 2.37 bits per heavy atom. The van der Waals surface area contributed by atoms with Crippen molar-refractivity contribution in [3.63, 3.8) is 0 Å². The Bertz CT molecular complexity index is 1020. The number of ether oxygens (including phenoxy) is 4. The minimum absolute atomic E-state index is 0.00818. The average molecular weight is 390 g/mol. The molecule has 2 aromatic rings. The monoisotopic (exact) mass is 390 g/mol. The van der Waals surface area contributed by atoms with E-state index in [0.29, 0.717) is 11.5 Å². The van der Waals surface area contributed by atoms with Crippen LogP contribution < -0.4 is 18.9 Å². The summed E-state index contributed by atoms with van der Waals surface area (Å²) < 4.78 is 44.8. The largest absolute Gasteiger partial charge is 0.496 e. The summed E-state index contributed by atoms with van der Waals surface area (Å²) in [5.74, 6) is 0.702. The SMILES string of the molecule is COc1ccc(C=CC(=O)c2cc3c(cc2OC)OCS3(=O)=O)cc1OC. The van der Waals surface area contributed by atoms with Crippen LogP contribution in [0, 0.1) is 0 Å². The maximum Gasteiger partial charge on any atom is 0.216 e. The molecule has 3 rings (SSSR count). The maximum atomic E-state index is 12.6. The summed E-state index contributed by atoms with van der Waals surface area (Å²) >= 11 is 0. The quantitative estimate of drug-likeness (QED) is 0.553. The molecule has 8 heteroatoms. The van der Waals surface area contributed by atoms with Crippen molar-refractivity contribution in [2.75, 3.05) is 27.3 Å². The van der Waals surface area contributed by atoms with Gasteiger partial charge in [0, 0.05) is 6.07 Å². The molecule has 1 aliphatic heterocycles. The van der Waals surface area contributed by atoms with Crippen LogP contribution in [-0.2, 0) is 9.84 Å². The molecule has 0 aromatic heterocycles. The normalized spacial score (nSPS) is 14.5. The van der Waals surface area contributed by atoms with E-state index in [-0.39, 0.29) is 22.0 Å². The van der Waals surface area contributed by atoms with E-state index in [4.69, 9.17) is 18.9 Å². The van der Waals surface area contributed by atoms with Gasteiger partial charge in [0.05, 0.1) is 26.9 Å². The van der Waals surface area contributed by atoms with Crippen molar-refractivity contribution in [1.82, 2.24) is 0 Å². The molecule has 0 saturated heterocycles. The summed E-state index contributed by atoms with van der Waals surface area (Å²) in [6, 6.07) is 7.92. The highest BCUT2D eigenvalue weighted by molar-refractivity contribution is 7.91. The molecule has 2 aromatic carbocycles. The van der Waals surface area contributed by atoms with E-state index >= 15 is 0 Å². The fraction of sp³-hybridized carbons (Fsp3) is 0.211. The predicted octanol–water partition coefficient (Wildman–Crippen LogP) is 2.73. The van der Waals surface area contributed by atoms with Crippen molar-refractivity contribution in [1.29, 1.82) is 0 Å². The minimum atomic E-state index is -3.55. The molecule has 0 atom stereocenters. The first-order valence-corrected chi connectivity index (χ1v) is 9.57. The molecule has 0 bridgehead atoms. The number of sulfone groups is 1. The maximum absolute atomic E-state index is 12.6. The van der Waals surface area contributed by atoms with Crippen LogP contribution in [0.1, 0.15) is 15.9 Å². The van der Waals surface area contributed by atoms with Gasteiger partial charge in [0.2, 0.25) is 9.84 Å². The zero-order valence-electron chi connectivity index (χ0n) is 15.0. The Kier molecular flexibility index (Phi) is 5.09. The summed E-state index contributed by atoms with van der Waals surface area (Å²) in [7, 11) is 0.907. The van der Waals surface area contributed by atoms with Crippen molar-refractivity contribution >= 4 is 21.7 Å². The second-order valence-corrected chi connectivity index (χ2v) is 7.59. The van der Waals surface area contributed by atoms with E-state index in [1.54, 1.807) is 24.3 Å². The minimum Gasteiger partial charge on any atom is -0.496 e. The number of methoxy groups -OCH3 is 3. The van der Waals surface area contributed by atoms with Crippen LogP contribution >= 0.6 is 0 Å². The van der Waals surface area contributed by atoms with E-state index in [0.717, 1.165) is 5.56 Å². The number of carbonyl (C=O) groups excluding carboxylic acids is 1. The van der Waals surface area contributed by atoms with Gasteiger partial charge in [0.1, 0.15) is 16.4 Å². The lowest BCUT2D eigenvalue weighted by atomic mass is 10.1. The van der Waals surface area contributed by atoms with Crippen molar-refractivity contribution in [2.45, 2.75) is 4.90 Å². The highest BCUT2D eigenvalue weighted by Gasteiger charge is 2.30. The Balaban J connectivity index is 1.94. The number of allylic oxidation sites excluding steroid dienone is 1. The van der Waals surface area contributed by atoms with Crippen molar-refractivity contribution in [3.05, 3.63) is 47.5 Å². The summed E-state index contributed by atoms with van der Waals surface area (Å²) in [6.45, 7) is 0. The molecule has 0 amide bonds. The van der Waals surface area contributed by atoms with Gasteiger partial charge in [0.25, 0.3) is 0 Å². The highest BCUT2D eigenvalue weighted by Crippen LogP contribution is 2.37. The van der Waals surface area contributed by atoms with Gasteiger partial charge in [-0.1, -0.05) is 12.1 Å². The lowest BCUT2D eigenvalue weighted by Gasteiger charge is -2.08. The van der Waals surface area contributed by atoms with Gasteiger partial charge in [-0.15, -0.1) is 0 Å². The average Bonchev–Trinajstić information content (AvgIpc) is 2.98. The molecule has 0 spiro atoms. The third-order valence-corrected chi connectivity index (χ3v) is 5.49. The predicted molar refractivity (Wildman–Crippen MR) is 98.6 cm³/mol. The Morgan fingerprint density at radius 1 is 1.00 bits per heavy atom. The standard InChI is InChI=1S/C19H18O7S/c1-23-15-7-5-12(8-17(15)25-3)4-6-14(20)13-9-19-18(10-16(13)24-2)26-11-27(19,21)22/h4-10H,11H2,1-3H3.